The predicted octanol–water partition coefficient (Wildman–Crippen LogP) is 3.54. The number of hydrogen-bond donors (Lipinski definition) is 0. The second-order valence-electron chi connectivity index (χ2n) is 6.78. The summed E-state index contributed by atoms with van der Waals surface area (Å²) in [7, 11) is 1.71. The molecular formula is C19H26N4O2S. The third-order valence-corrected chi connectivity index (χ3v) is 6.06. The predicted molar refractivity (Wildman–Crippen MR) is 104 cm³/mol. The van der Waals surface area contributed by atoms with E-state index in [0.717, 1.165) is 60.8 Å². The first kappa shape index (κ1) is 17.7. The highest BCUT2D eigenvalue weighted by atomic mass is 32.2. The van der Waals surface area contributed by atoms with Crippen molar-refractivity contribution in [2.24, 2.45) is 0 Å². The Bertz CT molecular complexity index is 724. The van der Waals surface area contributed by atoms with E-state index in [4.69, 9.17) is 9.47 Å². The van der Waals surface area contributed by atoms with Crippen molar-refractivity contribution in [3.8, 4) is 11.4 Å². The van der Waals surface area contributed by atoms with Crippen LogP contribution in [0.5, 0.6) is 5.75 Å². The van der Waals surface area contributed by atoms with Gasteiger partial charge in [-0.1, -0.05) is 23.9 Å². The van der Waals surface area contributed by atoms with E-state index < -0.39 is 0 Å². The van der Waals surface area contributed by atoms with Crippen LogP contribution in [-0.4, -0.2) is 53.4 Å². The topological polar surface area (TPSA) is 52.4 Å². The maximum Gasteiger partial charge on any atom is 0.232 e. The van der Waals surface area contributed by atoms with E-state index in [1.807, 2.05) is 18.2 Å². The molecule has 1 aromatic carbocycles. The molecule has 0 saturated carbocycles. The SMILES string of the molecule is COc1ccccc1-n1c(SC[C@@H]2CCCO2)nnc1N1CCCCC1. The zero-order valence-electron chi connectivity index (χ0n) is 15.3. The van der Waals surface area contributed by atoms with Gasteiger partial charge in [-0.25, -0.2) is 0 Å². The van der Waals surface area contributed by atoms with Crippen molar-refractivity contribution in [1.82, 2.24) is 14.8 Å². The minimum absolute atomic E-state index is 0.321. The van der Waals surface area contributed by atoms with Crippen LogP contribution in [0.4, 0.5) is 5.95 Å². The van der Waals surface area contributed by atoms with E-state index in [-0.39, 0.29) is 0 Å². The first-order valence-electron chi connectivity index (χ1n) is 9.45. The van der Waals surface area contributed by atoms with Crippen molar-refractivity contribution < 1.29 is 9.47 Å². The number of aromatic nitrogens is 3. The van der Waals surface area contributed by atoms with Gasteiger partial charge < -0.3 is 14.4 Å². The van der Waals surface area contributed by atoms with Crippen LogP contribution in [0, 0.1) is 0 Å². The molecule has 1 atom stereocenters. The molecule has 2 fully saturated rings. The quantitative estimate of drug-likeness (QED) is 0.721. The van der Waals surface area contributed by atoms with Crippen molar-refractivity contribution in [3.63, 3.8) is 0 Å². The van der Waals surface area contributed by atoms with Crippen LogP contribution in [-0.2, 0) is 4.74 Å². The summed E-state index contributed by atoms with van der Waals surface area (Å²) in [5.74, 6) is 2.67. The average Bonchev–Trinajstić information content (AvgIpc) is 3.36. The van der Waals surface area contributed by atoms with Gasteiger partial charge in [-0.15, -0.1) is 10.2 Å². The lowest BCUT2D eigenvalue weighted by molar-refractivity contribution is 0.129. The molecule has 0 spiro atoms. The number of nitrogens with zero attached hydrogens (tertiary/aromatic N) is 4. The number of para-hydroxylation sites is 2. The zero-order valence-corrected chi connectivity index (χ0v) is 16.1. The molecule has 0 N–H and O–H groups in total. The summed E-state index contributed by atoms with van der Waals surface area (Å²) >= 11 is 1.73. The number of hydrogen-bond acceptors (Lipinski definition) is 6. The minimum Gasteiger partial charge on any atom is -0.495 e. The van der Waals surface area contributed by atoms with Gasteiger partial charge in [-0.3, -0.25) is 4.57 Å². The van der Waals surface area contributed by atoms with Gasteiger partial charge in [0, 0.05) is 25.4 Å². The van der Waals surface area contributed by atoms with Crippen LogP contribution >= 0.6 is 11.8 Å². The molecule has 7 heteroatoms. The van der Waals surface area contributed by atoms with E-state index in [9.17, 15) is 0 Å². The van der Waals surface area contributed by atoms with Crippen LogP contribution < -0.4 is 9.64 Å². The molecule has 0 bridgehead atoms. The molecule has 4 rings (SSSR count). The van der Waals surface area contributed by atoms with Gasteiger partial charge in [-0.2, -0.15) is 0 Å². The lowest BCUT2D eigenvalue weighted by atomic mass is 10.1. The average molecular weight is 375 g/mol. The van der Waals surface area contributed by atoms with Gasteiger partial charge in [0.25, 0.3) is 0 Å². The Morgan fingerprint density at radius 2 is 2.00 bits per heavy atom. The first-order valence-corrected chi connectivity index (χ1v) is 10.4. The summed E-state index contributed by atoms with van der Waals surface area (Å²) in [5, 5.41) is 9.99. The lowest BCUT2D eigenvalue weighted by Crippen LogP contribution is -2.31. The van der Waals surface area contributed by atoms with Crippen LogP contribution in [0.3, 0.4) is 0 Å². The Balaban J connectivity index is 1.67. The first-order chi connectivity index (χ1) is 12.9. The molecule has 2 aliphatic rings. The maximum absolute atomic E-state index is 5.77. The lowest BCUT2D eigenvalue weighted by Gasteiger charge is -2.28. The fraction of sp³-hybridized carbons (Fsp3) is 0.579. The van der Waals surface area contributed by atoms with Crippen LogP contribution in [0.15, 0.2) is 29.4 Å². The summed E-state index contributed by atoms with van der Waals surface area (Å²) in [6.45, 7) is 2.94. The second kappa shape index (κ2) is 8.31. The largest absolute Gasteiger partial charge is 0.495 e. The molecule has 0 aliphatic carbocycles. The molecular weight excluding hydrogens is 348 g/mol. The molecule has 2 aromatic rings. The number of piperidine rings is 1. The normalized spacial score (nSPS) is 20.5. The number of thioether (sulfide) groups is 1. The number of rotatable bonds is 6. The summed E-state index contributed by atoms with van der Waals surface area (Å²) in [6.07, 6.45) is 6.31. The van der Waals surface area contributed by atoms with E-state index in [0.29, 0.717) is 6.10 Å². The van der Waals surface area contributed by atoms with Gasteiger partial charge in [0.05, 0.1) is 18.9 Å². The molecule has 0 amide bonds. The standard InChI is InChI=1S/C19H26N4O2S/c1-24-17-10-4-3-9-16(17)23-18(22-11-5-2-6-12-22)20-21-19(23)26-14-15-8-7-13-25-15/h3-4,9-10,15H,2,5-8,11-14H2,1H3/t15-/m0/s1. The summed E-state index contributed by atoms with van der Waals surface area (Å²) < 4.78 is 13.5. The monoisotopic (exact) mass is 374 g/mol. The minimum atomic E-state index is 0.321. The van der Waals surface area contributed by atoms with E-state index in [1.54, 1.807) is 18.9 Å². The molecule has 140 valence electrons. The second-order valence-corrected chi connectivity index (χ2v) is 7.77. The molecule has 1 aromatic heterocycles. The molecule has 6 nitrogen and oxygen atoms in total. The molecule has 3 heterocycles. The molecule has 2 saturated heterocycles. The van der Waals surface area contributed by atoms with Gasteiger partial charge in [0.2, 0.25) is 5.95 Å². The summed E-state index contributed by atoms with van der Waals surface area (Å²) in [5.41, 5.74) is 0.996. The van der Waals surface area contributed by atoms with E-state index >= 15 is 0 Å². The smallest absolute Gasteiger partial charge is 0.232 e. The highest BCUT2D eigenvalue weighted by Gasteiger charge is 2.24. The highest BCUT2D eigenvalue weighted by Crippen LogP contribution is 2.33. The van der Waals surface area contributed by atoms with Crippen LogP contribution in [0.2, 0.25) is 0 Å². The van der Waals surface area contributed by atoms with Crippen LogP contribution in [0.1, 0.15) is 32.1 Å². The highest BCUT2D eigenvalue weighted by molar-refractivity contribution is 7.99. The Kier molecular flexibility index (Phi) is 5.65. The zero-order chi connectivity index (χ0) is 17.8. The van der Waals surface area contributed by atoms with Crippen molar-refractivity contribution in [3.05, 3.63) is 24.3 Å². The van der Waals surface area contributed by atoms with Crippen LogP contribution in [0.25, 0.3) is 5.69 Å². The number of ether oxygens (including phenoxy) is 2. The Hall–Kier alpha value is -1.73. The third-order valence-electron chi connectivity index (χ3n) is 5.00. The molecule has 0 unspecified atom stereocenters. The van der Waals surface area contributed by atoms with Gasteiger partial charge in [0.1, 0.15) is 5.75 Å². The number of benzene rings is 1. The Morgan fingerprint density at radius 3 is 2.77 bits per heavy atom. The van der Waals surface area contributed by atoms with Crippen molar-refractivity contribution in [2.45, 2.75) is 43.4 Å². The molecule has 26 heavy (non-hydrogen) atoms. The number of methoxy groups -OCH3 is 1. The fourth-order valence-electron chi connectivity index (χ4n) is 3.62. The Morgan fingerprint density at radius 1 is 1.15 bits per heavy atom. The van der Waals surface area contributed by atoms with Gasteiger partial charge in [-0.05, 0) is 44.2 Å². The van der Waals surface area contributed by atoms with E-state index in [1.165, 1.54) is 19.3 Å². The van der Waals surface area contributed by atoms with Crippen molar-refractivity contribution in [1.29, 1.82) is 0 Å². The summed E-state index contributed by atoms with van der Waals surface area (Å²) in [4.78, 5) is 2.35. The molecule has 2 aliphatic heterocycles. The van der Waals surface area contributed by atoms with Crippen molar-refractivity contribution in [2.75, 3.05) is 37.5 Å². The van der Waals surface area contributed by atoms with Crippen molar-refractivity contribution >= 4 is 17.7 Å². The number of anilines is 1. The summed E-state index contributed by atoms with van der Waals surface area (Å²) in [6, 6.07) is 8.09. The fourth-order valence-corrected chi connectivity index (χ4v) is 4.63. The third kappa shape index (κ3) is 3.69. The Labute approximate surface area is 158 Å². The van der Waals surface area contributed by atoms with E-state index in [2.05, 4.69) is 25.7 Å². The maximum atomic E-state index is 5.77. The van der Waals surface area contributed by atoms with Gasteiger partial charge in [0.15, 0.2) is 5.16 Å². The van der Waals surface area contributed by atoms with Gasteiger partial charge >= 0.3 is 0 Å². The molecule has 0 radical (unpaired) electrons.